The summed E-state index contributed by atoms with van der Waals surface area (Å²) in [5.74, 6) is -1.98. The molecule has 0 spiro atoms. The van der Waals surface area contributed by atoms with Crippen LogP contribution in [-0.4, -0.2) is 83.1 Å². The molecule has 38 heavy (non-hydrogen) atoms. The van der Waals surface area contributed by atoms with Gasteiger partial charge in [0.2, 0.25) is 0 Å². The van der Waals surface area contributed by atoms with Gasteiger partial charge in [0.1, 0.15) is 11.2 Å². The average molecular weight is 539 g/mol. The van der Waals surface area contributed by atoms with Gasteiger partial charge in [-0.2, -0.15) is 0 Å². The van der Waals surface area contributed by atoms with Gasteiger partial charge in [-0.25, -0.2) is 0 Å². The van der Waals surface area contributed by atoms with Crippen molar-refractivity contribution in [2.24, 2.45) is 22.7 Å². The van der Waals surface area contributed by atoms with Gasteiger partial charge >= 0.3 is 5.97 Å². The van der Waals surface area contributed by atoms with Crippen LogP contribution in [0, 0.1) is 22.7 Å². The van der Waals surface area contributed by atoms with Crippen molar-refractivity contribution in [3.05, 3.63) is 11.6 Å². The van der Waals surface area contributed by atoms with E-state index in [4.69, 9.17) is 4.74 Å². The molecule has 3 saturated carbocycles. The van der Waals surface area contributed by atoms with Crippen molar-refractivity contribution < 1.29 is 45.0 Å². The Balaban J connectivity index is 1.75. The van der Waals surface area contributed by atoms with E-state index in [1.807, 2.05) is 6.92 Å². The molecular weight excluding hydrogens is 492 g/mol. The quantitative estimate of drug-likeness (QED) is 0.275. The smallest absolute Gasteiger partial charge is 0.303 e. The molecule has 0 bridgehead atoms. The van der Waals surface area contributed by atoms with Gasteiger partial charge in [-0.15, -0.1) is 0 Å². The van der Waals surface area contributed by atoms with Gasteiger partial charge in [0.05, 0.1) is 29.5 Å². The molecule has 0 aromatic heterocycles. The predicted molar refractivity (Wildman–Crippen MR) is 138 cm³/mol. The highest BCUT2D eigenvalue weighted by molar-refractivity contribution is 6.00. The summed E-state index contributed by atoms with van der Waals surface area (Å²) in [7, 11) is 0. The van der Waals surface area contributed by atoms with Crippen molar-refractivity contribution >= 4 is 11.8 Å². The third-order valence-corrected chi connectivity index (χ3v) is 11.1. The van der Waals surface area contributed by atoms with E-state index in [9.17, 15) is 40.2 Å². The number of carbonyl (C=O) groups is 2. The molecule has 3 fully saturated rings. The molecule has 0 heterocycles. The Labute approximate surface area is 224 Å². The lowest BCUT2D eigenvalue weighted by Crippen LogP contribution is -2.69. The van der Waals surface area contributed by atoms with Crippen LogP contribution < -0.4 is 0 Å². The lowest BCUT2D eigenvalue weighted by atomic mass is 9.44. The van der Waals surface area contributed by atoms with E-state index in [0.717, 1.165) is 0 Å². The molecule has 9 nitrogen and oxygen atoms in total. The summed E-state index contributed by atoms with van der Waals surface area (Å²) in [6.45, 7) is 9.95. The maximum Gasteiger partial charge on any atom is 0.303 e. The van der Waals surface area contributed by atoms with Gasteiger partial charge in [0, 0.05) is 30.1 Å². The largest absolute Gasteiger partial charge is 0.456 e. The number of ketones is 1. The Morgan fingerprint density at radius 2 is 1.66 bits per heavy atom. The first-order chi connectivity index (χ1) is 17.3. The first-order valence-corrected chi connectivity index (χ1v) is 13.9. The average Bonchev–Trinajstić information content (AvgIpc) is 3.06. The van der Waals surface area contributed by atoms with Gasteiger partial charge in [-0.1, -0.05) is 13.8 Å². The van der Waals surface area contributed by atoms with Crippen LogP contribution in [0.15, 0.2) is 11.6 Å². The highest BCUT2D eigenvalue weighted by Crippen LogP contribution is 2.69. The number of esters is 1. The molecule has 4 aliphatic carbocycles. The van der Waals surface area contributed by atoms with Gasteiger partial charge in [0.25, 0.3) is 0 Å². The van der Waals surface area contributed by atoms with Crippen LogP contribution in [0.2, 0.25) is 0 Å². The monoisotopic (exact) mass is 538 g/mol. The van der Waals surface area contributed by atoms with Gasteiger partial charge in [-0.3, -0.25) is 9.59 Å². The fourth-order valence-corrected chi connectivity index (χ4v) is 8.73. The maximum absolute atomic E-state index is 13.4. The molecular formula is C29H46O9. The Morgan fingerprint density at radius 1 is 1.05 bits per heavy atom. The summed E-state index contributed by atoms with van der Waals surface area (Å²) in [5.41, 5.74) is -7.10. The van der Waals surface area contributed by atoms with Crippen molar-refractivity contribution in [1.29, 1.82) is 0 Å². The molecule has 0 aliphatic heterocycles. The van der Waals surface area contributed by atoms with E-state index in [1.54, 1.807) is 27.7 Å². The van der Waals surface area contributed by atoms with Crippen molar-refractivity contribution in [2.45, 2.75) is 134 Å². The fourth-order valence-electron chi connectivity index (χ4n) is 8.73. The second kappa shape index (κ2) is 9.08. The molecule has 0 aromatic rings. The van der Waals surface area contributed by atoms with E-state index < -0.39 is 75.1 Å². The number of fused-ring (bicyclic) bond motifs is 5. The first-order valence-electron chi connectivity index (χ1n) is 13.9. The number of aliphatic hydroxyl groups is 6. The van der Waals surface area contributed by atoms with Crippen LogP contribution in [0.1, 0.15) is 92.9 Å². The molecule has 9 heteroatoms. The van der Waals surface area contributed by atoms with E-state index in [2.05, 4.69) is 0 Å². The zero-order valence-electron chi connectivity index (χ0n) is 23.5. The zero-order valence-corrected chi connectivity index (χ0v) is 23.5. The normalized spacial score (nSPS) is 45.3. The van der Waals surface area contributed by atoms with Gasteiger partial charge in [0.15, 0.2) is 5.78 Å². The molecule has 0 aromatic carbocycles. The van der Waals surface area contributed by atoms with E-state index in [-0.39, 0.29) is 32.1 Å². The summed E-state index contributed by atoms with van der Waals surface area (Å²) >= 11 is 0. The molecule has 216 valence electrons. The summed E-state index contributed by atoms with van der Waals surface area (Å²) in [6.07, 6.45) is -0.136. The van der Waals surface area contributed by atoms with Crippen molar-refractivity contribution in [3.63, 3.8) is 0 Å². The zero-order chi connectivity index (χ0) is 28.7. The molecule has 0 saturated heterocycles. The molecule has 0 radical (unpaired) electrons. The van der Waals surface area contributed by atoms with Gasteiger partial charge in [-0.05, 0) is 83.3 Å². The number of rotatable bonds is 6. The summed E-state index contributed by atoms with van der Waals surface area (Å²) in [5, 5.41) is 66.4. The minimum absolute atomic E-state index is 0.0233. The molecule has 10 atom stereocenters. The number of hydrogen-bond acceptors (Lipinski definition) is 9. The SMILES string of the molecule is CC(=O)O[C@@](C)([C@H](O)CCC(C)(C)O)[C@H]1CC[C@@]2(O)C3=CC(=O)[C@]4(O)C[C@H](O)[C@H](O)C[C@]4(C)[C@H]3CC[C@]12C. The molecule has 0 amide bonds. The standard InChI is InChI=1S/C29H46O9/c1-16(30)38-27(6,22(33)9-10-24(2,3)35)21-8-12-28(36)18-13-23(34)29(37)15-20(32)19(31)14-26(29,5)17(18)7-11-25(21,28)4/h13,17,19-22,31-33,35-37H,7-12,14-15H2,1-6H3/t17-,19+,20-,21-,22+,25+,26+,27+,28+,29+/m0/s1. The summed E-state index contributed by atoms with van der Waals surface area (Å²) in [4.78, 5) is 25.7. The highest BCUT2D eigenvalue weighted by Gasteiger charge is 2.72. The van der Waals surface area contributed by atoms with Crippen molar-refractivity contribution in [1.82, 2.24) is 0 Å². The Hall–Kier alpha value is -1.36. The van der Waals surface area contributed by atoms with E-state index in [1.165, 1.54) is 13.0 Å². The third kappa shape index (κ3) is 4.11. The van der Waals surface area contributed by atoms with Crippen LogP contribution in [-0.2, 0) is 14.3 Å². The van der Waals surface area contributed by atoms with Crippen LogP contribution in [0.3, 0.4) is 0 Å². The summed E-state index contributed by atoms with van der Waals surface area (Å²) < 4.78 is 5.84. The number of aliphatic hydroxyl groups excluding tert-OH is 3. The Morgan fingerprint density at radius 3 is 2.24 bits per heavy atom. The molecule has 4 rings (SSSR count). The minimum atomic E-state index is -1.85. The summed E-state index contributed by atoms with van der Waals surface area (Å²) in [6, 6.07) is 0. The second-order valence-corrected chi connectivity index (χ2v) is 13.9. The lowest BCUT2D eigenvalue weighted by Gasteiger charge is -2.63. The highest BCUT2D eigenvalue weighted by atomic mass is 16.6. The van der Waals surface area contributed by atoms with E-state index >= 15 is 0 Å². The van der Waals surface area contributed by atoms with Crippen LogP contribution in [0.4, 0.5) is 0 Å². The number of ether oxygens (including phenoxy) is 1. The van der Waals surface area contributed by atoms with Crippen molar-refractivity contribution in [3.8, 4) is 0 Å². The predicted octanol–water partition coefficient (Wildman–Crippen LogP) is 1.54. The van der Waals surface area contributed by atoms with Crippen molar-refractivity contribution in [2.75, 3.05) is 0 Å². The Kier molecular flexibility index (Phi) is 7.07. The van der Waals surface area contributed by atoms with Gasteiger partial charge < -0.3 is 35.4 Å². The second-order valence-electron chi connectivity index (χ2n) is 13.9. The molecule has 6 N–H and O–H groups in total. The van der Waals surface area contributed by atoms with Crippen LogP contribution in [0.5, 0.6) is 0 Å². The molecule has 4 aliphatic rings. The van der Waals surface area contributed by atoms with Crippen LogP contribution in [0.25, 0.3) is 0 Å². The molecule has 0 unspecified atom stereocenters. The number of carbonyl (C=O) groups excluding carboxylic acids is 2. The third-order valence-electron chi connectivity index (χ3n) is 11.1. The topological polar surface area (TPSA) is 165 Å². The Bertz CT molecular complexity index is 1020. The lowest BCUT2D eigenvalue weighted by molar-refractivity contribution is -0.216. The van der Waals surface area contributed by atoms with Crippen LogP contribution >= 0.6 is 0 Å². The maximum atomic E-state index is 13.4. The first kappa shape index (κ1) is 29.6. The number of hydrogen-bond donors (Lipinski definition) is 6. The van der Waals surface area contributed by atoms with E-state index in [0.29, 0.717) is 24.8 Å². The fraction of sp³-hybridized carbons (Fsp3) is 0.862. The minimum Gasteiger partial charge on any atom is -0.456 e.